The van der Waals surface area contributed by atoms with Gasteiger partial charge in [-0.15, -0.1) is 0 Å². The lowest BCUT2D eigenvalue weighted by molar-refractivity contribution is 0.646. The Labute approximate surface area is 158 Å². The molecule has 0 amide bonds. The fourth-order valence-corrected chi connectivity index (χ4v) is 4.91. The average Bonchev–Trinajstić information content (AvgIpc) is 3.30. The second-order valence-electron chi connectivity index (χ2n) is 7.94. The van der Waals surface area contributed by atoms with Crippen molar-refractivity contribution in [3.8, 4) is 11.4 Å². The first-order valence-electron chi connectivity index (χ1n) is 9.48. The maximum absolute atomic E-state index is 2.43. The van der Waals surface area contributed by atoms with Crippen molar-refractivity contribution in [2.24, 2.45) is 0 Å². The number of rotatable bonds is 1. The second kappa shape index (κ2) is 4.92. The summed E-state index contributed by atoms with van der Waals surface area (Å²) >= 11 is 0. The van der Waals surface area contributed by atoms with Gasteiger partial charge in [0.05, 0.1) is 16.7 Å². The lowest BCUT2D eigenvalue weighted by Gasteiger charge is -2.20. The van der Waals surface area contributed by atoms with E-state index >= 15 is 0 Å². The highest BCUT2D eigenvalue weighted by Crippen LogP contribution is 2.49. The van der Waals surface area contributed by atoms with Gasteiger partial charge in [0.2, 0.25) is 0 Å². The summed E-state index contributed by atoms with van der Waals surface area (Å²) in [5.74, 6) is 0. The molecule has 0 saturated heterocycles. The lowest BCUT2D eigenvalue weighted by Crippen LogP contribution is -2.16. The summed E-state index contributed by atoms with van der Waals surface area (Å²) in [6.07, 6.45) is 2.33. The summed E-state index contributed by atoms with van der Waals surface area (Å²) in [5.41, 5.74) is 7.83. The third kappa shape index (κ3) is 1.75. The zero-order valence-corrected chi connectivity index (χ0v) is 15.5. The Kier molecular flexibility index (Phi) is 2.71. The van der Waals surface area contributed by atoms with E-state index in [9.17, 15) is 0 Å². The molecule has 0 radical (unpaired) electrons. The van der Waals surface area contributed by atoms with E-state index in [1.165, 1.54) is 44.4 Å². The average molecular weight is 348 g/mol. The fourth-order valence-electron chi connectivity index (χ4n) is 4.91. The molecule has 3 aromatic carbocycles. The van der Waals surface area contributed by atoms with Crippen LogP contribution in [0.1, 0.15) is 25.1 Å². The maximum Gasteiger partial charge on any atom is 0.0763 e. The Morgan fingerprint density at radius 1 is 0.704 bits per heavy atom. The summed E-state index contributed by atoms with van der Waals surface area (Å²) in [4.78, 5) is 0. The molecule has 130 valence electrons. The van der Waals surface area contributed by atoms with E-state index in [-0.39, 0.29) is 5.41 Å². The van der Waals surface area contributed by atoms with Crippen LogP contribution in [0.25, 0.3) is 33.2 Å². The van der Waals surface area contributed by atoms with Crippen molar-refractivity contribution in [2.75, 3.05) is 0 Å². The van der Waals surface area contributed by atoms with Crippen molar-refractivity contribution in [3.05, 3.63) is 96.3 Å². The highest BCUT2D eigenvalue weighted by molar-refractivity contribution is 6.11. The van der Waals surface area contributed by atoms with Crippen LogP contribution in [0.3, 0.4) is 0 Å². The number of aromatic nitrogens is 2. The molecule has 0 spiro atoms. The number of para-hydroxylation sites is 3. The molecule has 0 saturated carbocycles. The smallest absolute Gasteiger partial charge is 0.0763 e. The molecule has 27 heavy (non-hydrogen) atoms. The molecule has 0 atom stereocenters. The number of nitrogens with zero attached hydrogens (tertiary/aromatic N) is 2. The van der Waals surface area contributed by atoms with Gasteiger partial charge in [-0.1, -0.05) is 68.4 Å². The summed E-state index contributed by atoms with van der Waals surface area (Å²) in [6.45, 7) is 4.69. The Balaban J connectivity index is 1.84. The molecule has 6 rings (SSSR count). The highest BCUT2D eigenvalue weighted by atomic mass is 15.1. The summed E-state index contributed by atoms with van der Waals surface area (Å²) < 4.78 is 4.84. The molecule has 0 fully saturated rings. The largest absolute Gasteiger partial charge is 0.317 e. The van der Waals surface area contributed by atoms with Crippen LogP contribution < -0.4 is 0 Å². The first-order valence-corrected chi connectivity index (χ1v) is 9.48. The molecule has 3 heterocycles. The van der Waals surface area contributed by atoms with Crippen LogP contribution in [0, 0.1) is 0 Å². The number of benzene rings is 3. The molecule has 0 bridgehead atoms. The van der Waals surface area contributed by atoms with Crippen LogP contribution in [0.5, 0.6) is 0 Å². The van der Waals surface area contributed by atoms with Gasteiger partial charge < -0.3 is 9.13 Å². The Bertz CT molecular complexity index is 1330. The molecular formula is C25H20N2. The van der Waals surface area contributed by atoms with Crippen molar-refractivity contribution in [2.45, 2.75) is 19.3 Å². The van der Waals surface area contributed by atoms with Gasteiger partial charge in [-0.05, 0) is 29.8 Å². The molecule has 0 aliphatic carbocycles. The number of hydrogen-bond acceptors (Lipinski definition) is 0. The van der Waals surface area contributed by atoms with E-state index in [0.29, 0.717) is 0 Å². The zero-order chi connectivity index (χ0) is 18.2. The minimum Gasteiger partial charge on any atom is -0.317 e. The normalized spacial score (nSPS) is 14.6. The summed E-state index contributed by atoms with van der Waals surface area (Å²) in [6, 6.07) is 28.2. The molecule has 5 aromatic rings. The topological polar surface area (TPSA) is 9.86 Å². The molecule has 0 unspecified atom stereocenters. The number of hydrogen-bond donors (Lipinski definition) is 0. The molecule has 2 heteroatoms. The minimum absolute atomic E-state index is 0.0424. The van der Waals surface area contributed by atoms with Crippen molar-refractivity contribution in [1.29, 1.82) is 0 Å². The van der Waals surface area contributed by atoms with E-state index in [1.807, 2.05) is 0 Å². The second-order valence-corrected chi connectivity index (χ2v) is 7.94. The minimum atomic E-state index is -0.0424. The molecule has 1 aliphatic heterocycles. The highest BCUT2D eigenvalue weighted by Gasteiger charge is 2.39. The van der Waals surface area contributed by atoms with Gasteiger partial charge in [-0.2, -0.15) is 0 Å². The Hall–Kier alpha value is -3.26. The quantitative estimate of drug-likeness (QED) is 0.341. The van der Waals surface area contributed by atoms with Gasteiger partial charge in [0.15, 0.2) is 0 Å². The SMILES string of the molecule is CC1(C)c2ccccc2-n2cc3c4ccccc4n(-c4ccccc4)c3c21. The Morgan fingerprint density at radius 2 is 1.41 bits per heavy atom. The molecule has 1 aliphatic rings. The van der Waals surface area contributed by atoms with Crippen molar-refractivity contribution >= 4 is 21.8 Å². The molecular weight excluding hydrogens is 328 g/mol. The third-order valence-electron chi connectivity index (χ3n) is 6.08. The standard InChI is InChI=1S/C25H20N2/c1-25(2)20-13-7-9-15-22(20)26-16-19-18-12-6-8-14-21(18)27(23(19)24(25)26)17-10-4-3-5-11-17/h3-16H,1-2H3. The third-order valence-corrected chi connectivity index (χ3v) is 6.08. The van der Waals surface area contributed by atoms with Gasteiger partial charge in [-0.25, -0.2) is 0 Å². The van der Waals surface area contributed by atoms with Gasteiger partial charge >= 0.3 is 0 Å². The van der Waals surface area contributed by atoms with Crippen molar-refractivity contribution in [3.63, 3.8) is 0 Å². The van der Waals surface area contributed by atoms with Gasteiger partial charge in [-0.3, -0.25) is 0 Å². The zero-order valence-electron chi connectivity index (χ0n) is 15.5. The monoisotopic (exact) mass is 348 g/mol. The Morgan fingerprint density at radius 3 is 2.26 bits per heavy atom. The van der Waals surface area contributed by atoms with Crippen molar-refractivity contribution < 1.29 is 0 Å². The first-order chi connectivity index (χ1) is 13.2. The summed E-state index contributed by atoms with van der Waals surface area (Å²) in [5, 5.41) is 2.64. The maximum atomic E-state index is 2.43. The predicted octanol–water partition coefficient (Wildman–Crippen LogP) is 6.21. The molecule has 0 N–H and O–H groups in total. The van der Waals surface area contributed by atoms with Crippen LogP contribution in [-0.2, 0) is 5.41 Å². The van der Waals surface area contributed by atoms with Crippen LogP contribution in [0.15, 0.2) is 85.1 Å². The van der Waals surface area contributed by atoms with E-state index in [4.69, 9.17) is 0 Å². The fraction of sp³-hybridized carbons (Fsp3) is 0.120. The molecule has 2 aromatic heterocycles. The van der Waals surface area contributed by atoms with Crippen molar-refractivity contribution in [1.82, 2.24) is 9.13 Å². The lowest BCUT2D eigenvalue weighted by atomic mass is 9.83. The van der Waals surface area contributed by atoms with Gasteiger partial charge in [0.1, 0.15) is 0 Å². The van der Waals surface area contributed by atoms with Gasteiger partial charge in [0, 0.05) is 33.8 Å². The van der Waals surface area contributed by atoms with E-state index in [2.05, 4.69) is 108 Å². The number of fused-ring (bicyclic) bond motifs is 7. The predicted molar refractivity (Wildman–Crippen MR) is 112 cm³/mol. The van der Waals surface area contributed by atoms with E-state index in [0.717, 1.165) is 0 Å². The van der Waals surface area contributed by atoms with Crippen LogP contribution >= 0.6 is 0 Å². The van der Waals surface area contributed by atoms with E-state index < -0.39 is 0 Å². The molecule has 2 nitrogen and oxygen atoms in total. The van der Waals surface area contributed by atoms with Crippen LogP contribution in [-0.4, -0.2) is 9.13 Å². The van der Waals surface area contributed by atoms with E-state index in [1.54, 1.807) is 0 Å². The van der Waals surface area contributed by atoms with Crippen LogP contribution in [0.4, 0.5) is 0 Å². The summed E-state index contributed by atoms with van der Waals surface area (Å²) in [7, 11) is 0. The van der Waals surface area contributed by atoms with Crippen LogP contribution in [0.2, 0.25) is 0 Å². The van der Waals surface area contributed by atoms with Gasteiger partial charge in [0.25, 0.3) is 0 Å². The first kappa shape index (κ1) is 14.9.